The summed E-state index contributed by atoms with van der Waals surface area (Å²) in [5.74, 6) is 0. The van der Waals surface area contributed by atoms with Gasteiger partial charge in [0, 0.05) is 20.1 Å². The minimum atomic E-state index is -0.451. The monoisotopic (exact) mass is 281 g/mol. The van der Waals surface area contributed by atoms with Gasteiger partial charge in [0.15, 0.2) is 0 Å². The fourth-order valence-corrected chi connectivity index (χ4v) is 3.16. The lowest BCUT2D eigenvalue weighted by Crippen LogP contribution is -2.31. The maximum Gasteiger partial charge on any atom is 0.137 e. The zero-order valence-corrected chi connectivity index (χ0v) is 12.1. The first kappa shape index (κ1) is 14.0. The molecule has 3 rings (SSSR count). The van der Waals surface area contributed by atoms with Crippen LogP contribution in [0.15, 0.2) is 43.0 Å². The smallest absolute Gasteiger partial charge is 0.137 e. The van der Waals surface area contributed by atoms with Gasteiger partial charge in [-0.25, -0.2) is 0 Å². The molecule has 0 radical (unpaired) electrons. The molecule has 0 amide bonds. The van der Waals surface area contributed by atoms with Crippen LogP contribution in [0.3, 0.4) is 0 Å². The van der Waals surface area contributed by atoms with Crippen molar-refractivity contribution in [3.63, 3.8) is 0 Å². The Morgan fingerprint density at radius 3 is 2.86 bits per heavy atom. The number of rotatable bonds is 4. The lowest BCUT2D eigenvalue weighted by molar-refractivity contribution is -0.109. The van der Waals surface area contributed by atoms with Crippen molar-refractivity contribution in [2.45, 2.75) is 18.1 Å². The number of carbonyl (C=O) groups excluding carboxylic acids is 1. The Labute approximate surface area is 124 Å². The highest BCUT2D eigenvalue weighted by atomic mass is 16.5. The molecule has 0 spiro atoms. The van der Waals surface area contributed by atoms with Gasteiger partial charge in [-0.3, -0.25) is 0 Å². The molecule has 1 fully saturated rings. The molecule has 108 valence electrons. The Morgan fingerprint density at radius 2 is 2.19 bits per heavy atom. The first-order valence-electron chi connectivity index (χ1n) is 7.12. The molecule has 0 unspecified atom stereocenters. The average Bonchev–Trinajstić information content (AvgIpc) is 2.98. The molecule has 1 saturated heterocycles. The molecule has 2 aromatic carbocycles. The second-order valence-electron chi connectivity index (χ2n) is 5.52. The van der Waals surface area contributed by atoms with Crippen LogP contribution in [-0.4, -0.2) is 26.0 Å². The van der Waals surface area contributed by atoms with Crippen LogP contribution in [0.4, 0.5) is 0 Å². The average molecular weight is 281 g/mol. The molecule has 0 bridgehead atoms. The third-order valence-corrected chi connectivity index (χ3v) is 4.39. The van der Waals surface area contributed by atoms with E-state index in [1.807, 2.05) is 18.2 Å². The molecule has 1 aliphatic rings. The maximum absolute atomic E-state index is 11.0. The van der Waals surface area contributed by atoms with Crippen molar-refractivity contribution >= 4 is 23.1 Å². The third-order valence-electron chi connectivity index (χ3n) is 4.39. The molecule has 2 atom stereocenters. The zero-order chi connectivity index (χ0) is 14.9. The van der Waals surface area contributed by atoms with E-state index in [1.54, 1.807) is 7.11 Å². The number of hydrogen-bond acceptors (Lipinski definition) is 3. The van der Waals surface area contributed by atoms with Crippen LogP contribution in [-0.2, 0) is 15.1 Å². The summed E-state index contributed by atoms with van der Waals surface area (Å²) in [7, 11) is 1.71. The van der Waals surface area contributed by atoms with Crippen molar-refractivity contribution in [1.82, 2.24) is 5.32 Å². The van der Waals surface area contributed by atoms with Crippen LogP contribution < -0.4 is 5.32 Å². The number of nitrogens with one attached hydrogen (secondary N) is 1. The van der Waals surface area contributed by atoms with E-state index in [0.29, 0.717) is 13.0 Å². The molecule has 0 aliphatic carbocycles. The van der Waals surface area contributed by atoms with Gasteiger partial charge >= 0.3 is 0 Å². The summed E-state index contributed by atoms with van der Waals surface area (Å²) in [5, 5.41) is 5.56. The fraction of sp³-hybridized carbons (Fsp3) is 0.278. The minimum absolute atomic E-state index is 0.149. The van der Waals surface area contributed by atoms with Crippen LogP contribution in [0.25, 0.3) is 16.8 Å². The Bertz CT molecular complexity index is 695. The summed E-state index contributed by atoms with van der Waals surface area (Å²) < 4.78 is 5.81. The Morgan fingerprint density at radius 1 is 1.38 bits per heavy atom. The van der Waals surface area contributed by atoms with Crippen LogP contribution in [0, 0.1) is 0 Å². The summed E-state index contributed by atoms with van der Waals surface area (Å²) in [5.41, 5.74) is 1.73. The molecular weight excluding hydrogens is 262 g/mol. The van der Waals surface area contributed by atoms with E-state index >= 15 is 0 Å². The molecule has 3 nitrogen and oxygen atoms in total. The SMILES string of the molecule is C=Cc1cc([C@@]2(OC)CN[C@H](C=O)C2)cc2ccccc12. The standard InChI is InChI=1S/C18H19NO2/c1-3-13-8-15(9-14-6-4-5-7-17(13)14)18(21-2)10-16(11-20)19-12-18/h3-9,11,16,19H,1,10,12H2,2H3/t16-,18-/m0/s1. The van der Waals surface area contributed by atoms with E-state index in [1.165, 1.54) is 5.39 Å². The second-order valence-corrected chi connectivity index (χ2v) is 5.52. The van der Waals surface area contributed by atoms with Crippen molar-refractivity contribution in [1.29, 1.82) is 0 Å². The topological polar surface area (TPSA) is 38.3 Å². The molecule has 21 heavy (non-hydrogen) atoms. The van der Waals surface area contributed by atoms with Gasteiger partial charge in [-0.1, -0.05) is 36.9 Å². The fourth-order valence-electron chi connectivity index (χ4n) is 3.16. The molecule has 1 aliphatic heterocycles. The molecule has 3 heteroatoms. The van der Waals surface area contributed by atoms with E-state index < -0.39 is 5.60 Å². The largest absolute Gasteiger partial charge is 0.372 e. The Balaban J connectivity index is 2.15. The first-order chi connectivity index (χ1) is 10.2. The number of ether oxygens (including phenoxy) is 1. The molecule has 0 aromatic heterocycles. The Kier molecular flexibility index (Phi) is 3.62. The van der Waals surface area contributed by atoms with E-state index in [4.69, 9.17) is 4.74 Å². The summed E-state index contributed by atoms with van der Waals surface area (Å²) >= 11 is 0. The van der Waals surface area contributed by atoms with Crippen LogP contribution >= 0.6 is 0 Å². The van der Waals surface area contributed by atoms with Gasteiger partial charge in [0.1, 0.15) is 11.9 Å². The molecule has 2 aromatic rings. The van der Waals surface area contributed by atoms with E-state index in [2.05, 4.69) is 36.2 Å². The van der Waals surface area contributed by atoms with Gasteiger partial charge in [-0.05, 0) is 34.0 Å². The van der Waals surface area contributed by atoms with Crippen molar-refractivity contribution in [3.05, 3.63) is 54.1 Å². The van der Waals surface area contributed by atoms with Crippen LogP contribution in [0.1, 0.15) is 17.5 Å². The zero-order valence-electron chi connectivity index (χ0n) is 12.1. The number of methoxy groups -OCH3 is 1. The lowest BCUT2D eigenvalue weighted by Gasteiger charge is -2.28. The molecule has 0 saturated carbocycles. The van der Waals surface area contributed by atoms with Gasteiger partial charge < -0.3 is 14.8 Å². The molecule has 1 N–H and O–H groups in total. The van der Waals surface area contributed by atoms with Gasteiger partial charge in [0.05, 0.1) is 6.04 Å². The van der Waals surface area contributed by atoms with Crippen molar-refractivity contribution in [3.8, 4) is 0 Å². The Hall–Kier alpha value is -1.97. The number of fused-ring (bicyclic) bond motifs is 1. The van der Waals surface area contributed by atoms with Gasteiger partial charge in [0.2, 0.25) is 0 Å². The summed E-state index contributed by atoms with van der Waals surface area (Å²) in [6.07, 6.45) is 3.48. The van der Waals surface area contributed by atoms with Crippen molar-refractivity contribution in [2.75, 3.05) is 13.7 Å². The quantitative estimate of drug-likeness (QED) is 0.876. The van der Waals surface area contributed by atoms with Gasteiger partial charge in [0.25, 0.3) is 0 Å². The summed E-state index contributed by atoms with van der Waals surface area (Å²) in [4.78, 5) is 11.0. The number of aldehydes is 1. The highest BCUT2D eigenvalue weighted by Gasteiger charge is 2.40. The number of carbonyl (C=O) groups is 1. The molecule has 1 heterocycles. The minimum Gasteiger partial charge on any atom is -0.372 e. The van der Waals surface area contributed by atoms with Crippen LogP contribution in [0.2, 0.25) is 0 Å². The second kappa shape index (κ2) is 5.43. The predicted octanol–water partition coefficient (Wildman–Crippen LogP) is 2.89. The normalized spacial score (nSPS) is 25.1. The maximum atomic E-state index is 11.0. The van der Waals surface area contributed by atoms with Crippen molar-refractivity contribution < 1.29 is 9.53 Å². The van der Waals surface area contributed by atoms with E-state index in [-0.39, 0.29) is 6.04 Å². The first-order valence-corrected chi connectivity index (χ1v) is 7.12. The van der Waals surface area contributed by atoms with Gasteiger partial charge in [-0.2, -0.15) is 0 Å². The predicted molar refractivity (Wildman–Crippen MR) is 85.2 cm³/mol. The van der Waals surface area contributed by atoms with Crippen molar-refractivity contribution in [2.24, 2.45) is 0 Å². The van der Waals surface area contributed by atoms with E-state index in [0.717, 1.165) is 22.8 Å². The highest BCUT2D eigenvalue weighted by molar-refractivity contribution is 5.91. The third kappa shape index (κ3) is 2.28. The summed E-state index contributed by atoms with van der Waals surface area (Å²) in [6, 6.07) is 12.4. The number of benzene rings is 2. The number of hydrogen-bond donors (Lipinski definition) is 1. The molecular formula is C18H19NO2. The van der Waals surface area contributed by atoms with Gasteiger partial charge in [-0.15, -0.1) is 0 Å². The highest BCUT2D eigenvalue weighted by Crippen LogP contribution is 2.36. The van der Waals surface area contributed by atoms with E-state index in [9.17, 15) is 4.79 Å². The van der Waals surface area contributed by atoms with Crippen LogP contribution in [0.5, 0.6) is 0 Å². The summed E-state index contributed by atoms with van der Waals surface area (Å²) in [6.45, 7) is 4.56. The lowest BCUT2D eigenvalue weighted by atomic mass is 9.87.